The van der Waals surface area contributed by atoms with E-state index in [1.54, 1.807) is 0 Å². The van der Waals surface area contributed by atoms with Crippen molar-refractivity contribution in [3.63, 3.8) is 0 Å². The number of carbonyl (C=O) groups excluding carboxylic acids is 2. The number of carbonyl (C=O) groups is 2. The van der Waals surface area contributed by atoms with Crippen LogP contribution < -0.4 is 16.6 Å². The second kappa shape index (κ2) is 14.9. The Bertz CT molecular complexity index is 2160. The Morgan fingerprint density at radius 3 is 2.04 bits per heavy atom. The van der Waals surface area contributed by atoms with E-state index in [9.17, 15) is 39.6 Å². The number of nitrogens with zero attached hydrogens (tertiary/aromatic N) is 1. The number of sulfone groups is 1. The Labute approximate surface area is 273 Å². The summed E-state index contributed by atoms with van der Waals surface area (Å²) in [6.45, 7) is 0. The number of esters is 1. The molecule has 0 unspecified atom stereocenters. The summed E-state index contributed by atoms with van der Waals surface area (Å²) in [6, 6.07) is 15.5. The van der Waals surface area contributed by atoms with Crippen molar-refractivity contribution in [2.45, 2.75) is 15.5 Å². The highest BCUT2D eigenvalue weighted by atomic mass is 35.5. The van der Waals surface area contributed by atoms with Crippen LogP contribution >= 0.6 is 11.6 Å². The molecule has 0 aliphatic heterocycles. The number of nitrogen functional groups attached to an aromatic ring is 1. The minimum atomic E-state index is -4.45. The molecule has 1 aromatic heterocycles. The number of aromatic nitrogens is 2. The Morgan fingerprint density at radius 1 is 0.915 bits per heavy atom. The van der Waals surface area contributed by atoms with E-state index < -0.39 is 52.4 Å². The van der Waals surface area contributed by atoms with Crippen molar-refractivity contribution in [3.05, 3.63) is 100.0 Å². The molecule has 20 heteroatoms. The lowest BCUT2D eigenvalue weighted by Gasteiger charge is -2.09. The van der Waals surface area contributed by atoms with Gasteiger partial charge >= 0.3 is 5.97 Å². The van der Waals surface area contributed by atoms with Crippen LogP contribution in [0.1, 0.15) is 26.4 Å². The van der Waals surface area contributed by atoms with Crippen LogP contribution in [0.2, 0.25) is 0 Å². The van der Waals surface area contributed by atoms with E-state index >= 15 is 0 Å². The molecule has 3 aromatic carbocycles. The molecule has 0 saturated heterocycles. The molecule has 47 heavy (non-hydrogen) atoms. The first-order valence-corrected chi connectivity index (χ1v) is 18.1. The largest absolute Gasteiger partial charge is 0.464 e. The fourth-order valence-corrected chi connectivity index (χ4v) is 6.69. The number of H-pyrrole nitrogens is 1. The van der Waals surface area contributed by atoms with Crippen molar-refractivity contribution < 1.29 is 48.7 Å². The molecule has 0 atom stereocenters. The molecule has 16 nitrogen and oxygen atoms in total. The topological polar surface area (TPSA) is 262 Å². The van der Waals surface area contributed by atoms with Crippen LogP contribution in [-0.4, -0.2) is 74.8 Å². The summed E-state index contributed by atoms with van der Waals surface area (Å²) >= 11 is 5.45. The molecule has 0 aliphatic rings. The number of ether oxygens (including phenoxy) is 1. The number of nitrogens with two attached hydrogens (primary N) is 1. The third-order valence-electron chi connectivity index (χ3n) is 6.05. The first-order valence-electron chi connectivity index (χ1n) is 12.9. The SMILES string of the molecule is COC(=O)c1cc(=O)n(-c2ccc(S(=O)(=O)O)cc2)[nH]1.Nc1cc(NC(=O)c2ccc(CS(=O)(=O)CCCl)cc2)ccc1S(=O)(=O)O. The van der Waals surface area contributed by atoms with Crippen molar-refractivity contribution in [1.29, 1.82) is 0 Å². The molecule has 0 bridgehead atoms. The summed E-state index contributed by atoms with van der Waals surface area (Å²) in [5.41, 5.74) is 6.15. The highest BCUT2D eigenvalue weighted by molar-refractivity contribution is 7.90. The second-order valence-corrected chi connectivity index (χ2v) is 14.8. The number of aromatic amines is 1. The van der Waals surface area contributed by atoms with E-state index in [0.717, 1.165) is 28.9 Å². The van der Waals surface area contributed by atoms with Crippen LogP contribution in [0.4, 0.5) is 11.4 Å². The minimum absolute atomic E-state index is 0.0162. The predicted octanol–water partition coefficient (Wildman–Crippen LogP) is 2.12. The molecule has 4 aromatic rings. The van der Waals surface area contributed by atoms with Crippen molar-refractivity contribution in [3.8, 4) is 5.69 Å². The van der Waals surface area contributed by atoms with Crippen molar-refractivity contribution in [2.24, 2.45) is 0 Å². The van der Waals surface area contributed by atoms with Crippen LogP contribution in [0, 0.1) is 0 Å². The smallest absolute Gasteiger partial charge is 0.356 e. The zero-order chi connectivity index (χ0) is 35.2. The lowest BCUT2D eigenvalue weighted by molar-refractivity contribution is 0.0593. The summed E-state index contributed by atoms with van der Waals surface area (Å²) in [5, 5.41) is 5.06. The number of rotatable bonds is 10. The summed E-state index contributed by atoms with van der Waals surface area (Å²) in [5.74, 6) is -1.48. The van der Waals surface area contributed by atoms with Crippen LogP contribution in [0.25, 0.3) is 5.69 Å². The number of alkyl halides is 1. The quantitative estimate of drug-likeness (QED) is 0.0678. The molecule has 1 amide bonds. The van der Waals surface area contributed by atoms with Gasteiger partial charge in [-0.2, -0.15) is 16.8 Å². The van der Waals surface area contributed by atoms with Gasteiger partial charge in [-0.05, 0) is 60.2 Å². The average Bonchev–Trinajstić information content (AvgIpc) is 3.37. The van der Waals surface area contributed by atoms with Gasteiger partial charge in [0.05, 0.1) is 34.9 Å². The number of nitrogens with one attached hydrogen (secondary N) is 2. The van der Waals surface area contributed by atoms with Crippen LogP contribution in [-0.2, 0) is 40.6 Å². The monoisotopic (exact) mass is 730 g/mol. The number of halogens is 1. The molecule has 4 rings (SSSR count). The molecule has 0 aliphatic carbocycles. The van der Waals surface area contributed by atoms with Crippen molar-refractivity contribution in [2.75, 3.05) is 29.8 Å². The number of hydrogen-bond acceptors (Lipinski definition) is 11. The molecule has 0 saturated carbocycles. The third kappa shape index (κ3) is 10.2. The van der Waals surface area contributed by atoms with E-state index in [1.165, 1.54) is 55.6 Å². The molecule has 1 heterocycles. The normalized spacial score (nSPS) is 11.7. The number of hydrogen-bond donors (Lipinski definition) is 5. The first-order chi connectivity index (χ1) is 21.8. The average molecular weight is 731 g/mol. The Balaban J connectivity index is 0.000000267. The maximum absolute atomic E-state index is 12.3. The van der Waals surface area contributed by atoms with Gasteiger partial charge in [0.25, 0.3) is 31.7 Å². The fraction of sp³-hybridized carbons (Fsp3) is 0.148. The van der Waals surface area contributed by atoms with E-state index in [1.807, 2.05) is 0 Å². The lowest BCUT2D eigenvalue weighted by Crippen LogP contribution is -2.13. The molecular formula is C27H27ClN4O12S3. The number of methoxy groups -OCH3 is 1. The standard InChI is InChI=1S/C16H17ClN2O6S2.C11H10N2O6S/c17-7-8-26(21,22)10-11-1-3-12(4-2-11)16(20)19-13-5-6-15(14(18)9-13)27(23,24)25;1-19-11(15)9-6-10(14)13(12-9)7-2-4-8(5-3-7)20(16,17)18/h1-6,9H,7-8,10,18H2,(H,19,20)(H,23,24,25);2-6,12H,1H3,(H,16,17,18). The molecule has 0 radical (unpaired) electrons. The summed E-state index contributed by atoms with van der Waals surface area (Å²) in [7, 11) is -10.9. The zero-order valence-corrected chi connectivity index (χ0v) is 27.4. The molecular weight excluding hydrogens is 704 g/mol. The Morgan fingerprint density at radius 2 is 1.53 bits per heavy atom. The highest BCUT2D eigenvalue weighted by Gasteiger charge is 2.17. The minimum Gasteiger partial charge on any atom is -0.464 e. The van der Waals surface area contributed by atoms with E-state index in [2.05, 4.69) is 15.2 Å². The highest BCUT2D eigenvalue weighted by Crippen LogP contribution is 2.23. The van der Waals surface area contributed by atoms with Gasteiger partial charge in [0.15, 0.2) is 9.84 Å². The van der Waals surface area contributed by atoms with Crippen LogP contribution in [0.5, 0.6) is 0 Å². The third-order valence-corrected chi connectivity index (χ3v) is 9.86. The van der Waals surface area contributed by atoms with E-state index in [-0.39, 0.29) is 44.9 Å². The summed E-state index contributed by atoms with van der Waals surface area (Å²) in [6.07, 6.45) is 0. The Hall–Kier alpha value is -4.53. The van der Waals surface area contributed by atoms with Gasteiger partial charge in [-0.3, -0.25) is 23.8 Å². The van der Waals surface area contributed by atoms with E-state index in [4.69, 9.17) is 26.4 Å². The number of benzene rings is 3. The van der Waals surface area contributed by atoms with Gasteiger partial charge in [0.1, 0.15) is 10.6 Å². The molecule has 252 valence electrons. The maximum atomic E-state index is 12.3. The number of amides is 1. The first kappa shape index (κ1) is 36.9. The van der Waals surface area contributed by atoms with Gasteiger partial charge in [-0.25, -0.2) is 17.9 Å². The molecule has 6 N–H and O–H groups in total. The maximum Gasteiger partial charge on any atom is 0.356 e. The van der Waals surface area contributed by atoms with E-state index in [0.29, 0.717) is 11.3 Å². The summed E-state index contributed by atoms with van der Waals surface area (Å²) in [4.78, 5) is 34.5. The predicted molar refractivity (Wildman–Crippen MR) is 171 cm³/mol. The molecule has 0 fully saturated rings. The van der Waals surface area contributed by atoms with Gasteiger partial charge in [-0.1, -0.05) is 12.1 Å². The zero-order valence-electron chi connectivity index (χ0n) is 24.2. The second-order valence-electron chi connectivity index (χ2n) is 9.46. The Kier molecular flexibility index (Phi) is 11.7. The summed E-state index contributed by atoms with van der Waals surface area (Å²) < 4.78 is 90.9. The van der Waals surface area contributed by atoms with Gasteiger partial charge in [0.2, 0.25) is 0 Å². The van der Waals surface area contributed by atoms with Crippen molar-refractivity contribution in [1.82, 2.24) is 9.78 Å². The van der Waals surface area contributed by atoms with Crippen LogP contribution in [0.3, 0.4) is 0 Å². The van der Waals surface area contributed by atoms with Gasteiger partial charge < -0.3 is 15.8 Å². The van der Waals surface area contributed by atoms with Crippen LogP contribution in [0.15, 0.2) is 87.4 Å². The fourth-order valence-electron chi connectivity index (χ4n) is 3.83. The van der Waals surface area contributed by atoms with Gasteiger partial charge in [0, 0.05) is 23.2 Å². The molecule has 0 spiro atoms. The van der Waals surface area contributed by atoms with Crippen molar-refractivity contribution >= 4 is 64.9 Å². The number of anilines is 2. The van der Waals surface area contributed by atoms with Gasteiger partial charge in [-0.15, -0.1) is 11.6 Å². The lowest BCUT2D eigenvalue weighted by atomic mass is 10.1.